The predicted molar refractivity (Wildman–Crippen MR) is 57.2 cm³/mol. The Morgan fingerprint density at radius 3 is 2.62 bits per heavy atom. The molecule has 1 rings (SSSR count). The van der Waals surface area contributed by atoms with Crippen molar-refractivity contribution in [3.8, 4) is 0 Å². The summed E-state index contributed by atoms with van der Waals surface area (Å²) < 4.78 is 0.851. The number of nitrogens with zero attached hydrogens (tertiary/aromatic N) is 1. The fraction of sp³-hybridized carbons (Fsp3) is 0.250. The molecule has 0 aliphatic rings. The number of nitrogens with two attached hydrogens (primary N) is 1. The number of pyridine rings is 1. The van der Waals surface area contributed by atoms with Gasteiger partial charge in [0, 0.05) is 10.7 Å². The molecule has 1 heterocycles. The Balaban J connectivity index is 0.00000144. The van der Waals surface area contributed by atoms with Gasteiger partial charge in [-0.15, -0.1) is 12.4 Å². The first-order chi connectivity index (χ1) is 5.61. The average Bonchev–Trinajstić information content (AvgIpc) is 2.04. The second-order valence-electron chi connectivity index (χ2n) is 2.51. The number of ketones is 1. The number of aromatic nitrogens is 1. The second-order valence-corrected chi connectivity index (χ2v) is 3.43. The van der Waals surface area contributed by atoms with Crippen LogP contribution >= 0.6 is 28.3 Å². The Kier molecular flexibility index (Phi) is 5.13. The van der Waals surface area contributed by atoms with Crippen molar-refractivity contribution in [3.05, 3.63) is 28.5 Å². The molecule has 0 spiro atoms. The molecule has 0 aromatic carbocycles. The topological polar surface area (TPSA) is 56.0 Å². The molecule has 13 heavy (non-hydrogen) atoms. The summed E-state index contributed by atoms with van der Waals surface area (Å²) in [4.78, 5) is 15.2. The van der Waals surface area contributed by atoms with Crippen molar-refractivity contribution in [1.29, 1.82) is 0 Å². The van der Waals surface area contributed by atoms with Crippen LogP contribution in [0.3, 0.4) is 0 Å². The Morgan fingerprint density at radius 1 is 1.62 bits per heavy atom. The van der Waals surface area contributed by atoms with Crippen LogP contribution in [0.5, 0.6) is 0 Å². The summed E-state index contributed by atoms with van der Waals surface area (Å²) in [7, 11) is 0. The second kappa shape index (κ2) is 5.32. The lowest BCUT2D eigenvalue weighted by Crippen LogP contribution is -2.27. The maximum absolute atomic E-state index is 11.3. The van der Waals surface area contributed by atoms with Crippen LogP contribution in [0.15, 0.2) is 22.8 Å². The van der Waals surface area contributed by atoms with Crippen molar-refractivity contribution in [2.75, 3.05) is 0 Å². The summed E-state index contributed by atoms with van der Waals surface area (Å²) in [5, 5.41) is 0. The van der Waals surface area contributed by atoms with Crippen LogP contribution in [0.25, 0.3) is 0 Å². The third-order valence-electron chi connectivity index (χ3n) is 1.39. The summed E-state index contributed by atoms with van der Waals surface area (Å²) in [6.07, 6.45) is 1.58. The van der Waals surface area contributed by atoms with Crippen molar-refractivity contribution >= 4 is 34.1 Å². The minimum Gasteiger partial charge on any atom is -0.321 e. The first-order valence-electron chi connectivity index (χ1n) is 3.52. The molecule has 0 amide bonds. The third kappa shape index (κ3) is 3.42. The highest BCUT2D eigenvalue weighted by Gasteiger charge is 2.11. The quantitative estimate of drug-likeness (QED) is 0.830. The van der Waals surface area contributed by atoms with Crippen LogP contribution in [-0.4, -0.2) is 16.8 Å². The van der Waals surface area contributed by atoms with Crippen molar-refractivity contribution in [1.82, 2.24) is 4.98 Å². The van der Waals surface area contributed by atoms with E-state index < -0.39 is 6.04 Å². The highest BCUT2D eigenvalue weighted by molar-refractivity contribution is 9.10. The summed E-state index contributed by atoms with van der Waals surface area (Å²) >= 11 is 3.23. The number of carbonyl (C=O) groups excluding carboxylic acids is 1. The average molecular weight is 266 g/mol. The first kappa shape index (κ1) is 12.6. The van der Waals surface area contributed by atoms with E-state index in [-0.39, 0.29) is 18.2 Å². The van der Waals surface area contributed by atoms with Crippen LogP contribution in [0.2, 0.25) is 0 Å². The number of hydrogen-bond acceptors (Lipinski definition) is 3. The molecule has 0 saturated carbocycles. The van der Waals surface area contributed by atoms with Gasteiger partial charge in [0.15, 0.2) is 5.78 Å². The zero-order valence-corrected chi connectivity index (χ0v) is 9.43. The van der Waals surface area contributed by atoms with Gasteiger partial charge in [-0.2, -0.15) is 0 Å². The molecule has 0 aliphatic heterocycles. The molecule has 1 aromatic heterocycles. The van der Waals surface area contributed by atoms with Gasteiger partial charge in [-0.25, -0.2) is 0 Å². The van der Waals surface area contributed by atoms with Gasteiger partial charge < -0.3 is 5.73 Å². The van der Waals surface area contributed by atoms with Crippen molar-refractivity contribution in [2.24, 2.45) is 5.73 Å². The lowest BCUT2D eigenvalue weighted by atomic mass is 10.1. The van der Waals surface area contributed by atoms with Gasteiger partial charge in [0.2, 0.25) is 0 Å². The molecular formula is C8H10BrClN2O. The van der Waals surface area contributed by atoms with Gasteiger partial charge in [0.25, 0.3) is 0 Å². The van der Waals surface area contributed by atoms with Crippen LogP contribution in [0, 0.1) is 0 Å². The molecule has 1 unspecified atom stereocenters. The largest absolute Gasteiger partial charge is 0.321 e. The molecule has 72 valence electrons. The highest BCUT2D eigenvalue weighted by atomic mass is 79.9. The van der Waals surface area contributed by atoms with Crippen molar-refractivity contribution in [2.45, 2.75) is 13.0 Å². The normalized spacial score (nSPS) is 11.6. The molecule has 0 saturated heterocycles. The van der Waals surface area contributed by atoms with Gasteiger partial charge >= 0.3 is 0 Å². The Hall–Kier alpha value is -0.450. The van der Waals surface area contributed by atoms with Gasteiger partial charge in [0.1, 0.15) is 5.69 Å². The fourth-order valence-corrected chi connectivity index (χ4v) is 0.989. The standard InChI is InChI=1S/C8H9BrN2O.ClH/c1-5(10)8(12)7-3-2-6(9)4-11-7;/h2-5H,10H2,1H3;1H. The molecule has 0 bridgehead atoms. The lowest BCUT2D eigenvalue weighted by Gasteiger charge is -2.02. The first-order valence-corrected chi connectivity index (χ1v) is 4.32. The molecule has 0 radical (unpaired) electrons. The van der Waals surface area contributed by atoms with E-state index in [0.717, 1.165) is 4.47 Å². The lowest BCUT2D eigenvalue weighted by molar-refractivity contribution is 0.0963. The predicted octanol–water partition coefficient (Wildman–Crippen LogP) is 1.80. The number of carbonyl (C=O) groups is 1. The van der Waals surface area contributed by atoms with Crippen LogP contribution in [0.1, 0.15) is 17.4 Å². The minimum absolute atomic E-state index is 0. The van der Waals surface area contributed by atoms with Crippen LogP contribution < -0.4 is 5.73 Å². The molecule has 1 aromatic rings. The van der Waals surface area contributed by atoms with E-state index in [1.165, 1.54) is 0 Å². The molecule has 0 aliphatic carbocycles. The molecular weight excluding hydrogens is 255 g/mol. The van der Waals surface area contributed by atoms with E-state index in [4.69, 9.17) is 5.73 Å². The van der Waals surface area contributed by atoms with Crippen LogP contribution in [0.4, 0.5) is 0 Å². The van der Waals surface area contributed by atoms with Crippen molar-refractivity contribution < 1.29 is 4.79 Å². The zero-order chi connectivity index (χ0) is 9.14. The Morgan fingerprint density at radius 2 is 2.23 bits per heavy atom. The zero-order valence-electron chi connectivity index (χ0n) is 7.03. The summed E-state index contributed by atoms with van der Waals surface area (Å²) in [6, 6.07) is 2.93. The molecule has 1 atom stereocenters. The van der Waals surface area contributed by atoms with Crippen LogP contribution in [-0.2, 0) is 0 Å². The van der Waals surface area contributed by atoms with E-state index in [1.54, 1.807) is 25.3 Å². The van der Waals surface area contributed by atoms with E-state index >= 15 is 0 Å². The van der Waals surface area contributed by atoms with Gasteiger partial charge in [0.05, 0.1) is 6.04 Å². The Bertz CT molecular complexity index is 287. The number of hydrogen-bond donors (Lipinski definition) is 1. The summed E-state index contributed by atoms with van der Waals surface area (Å²) in [5.74, 6) is -0.137. The third-order valence-corrected chi connectivity index (χ3v) is 1.86. The highest BCUT2D eigenvalue weighted by Crippen LogP contribution is 2.08. The molecule has 5 heteroatoms. The smallest absolute Gasteiger partial charge is 0.197 e. The van der Waals surface area contributed by atoms with E-state index in [2.05, 4.69) is 20.9 Å². The van der Waals surface area contributed by atoms with Gasteiger partial charge in [-0.1, -0.05) is 0 Å². The summed E-state index contributed by atoms with van der Waals surface area (Å²) in [5.41, 5.74) is 5.82. The maximum atomic E-state index is 11.3. The number of rotatable bonds is 2. The van der Waals surface area contributed by atoms with Crippen molar-refractivity contribution in [3.63, 3.8) is 0 Å². The van der Waals surface area contributed by atoms with E-state index in [9.17, 15) is 4.79 Å². The van der Waals surface area contributed by atoms with E-state index in [1.807, 2.05) is 0 Å². The van der Waals surface area contributed by atoms with Gasteiger partial charge in [-0.3, -0.25) is 9.78 Å². The monoisotopic (exact) mass is 264 g/mol. The summed E-state index contributed by atoms with van der Waals surface area (Å²) in [6.45, 7) is 1.64. The Labute approximate surface area is 91.3 Å². The molecule has 0 fully saturated rings. The number of halogens is 2. The SMILES string of the molecule is CC(N)C(=O)c1ccc(Br)cn1.Cl. The minimum atomic E-state index is -0.487. The number of Topliss-reactive ketones (excluding diaryl/α,β-unsaturated/α-hetero) is 1. The molecule has 2 N–H and O–H groups in total. The molecule has 3 nitrogen and oxygen atoms in total. The fourth-order valence-electron chi connectivity index (χ4n) is 0.755. The van der Waals surface area contributed by atoms with E-state index in [0.29, 0.717) is 5.69 Å². The maximum Gasteiger partial charge on any atom is 0.197 e. The van der Waals surface area contributed by atoms with Gasteiger partial charge in [-0.05, 0) is 35.0 Å².